The summed E-state index contributed by atoms with van der Waals surface area (Å²) >= 11 is 3.42. The number of hydrogen-bond acceptors (Lipinski definition) is 2. The standard InChI is InChI=1S/C13H15BrN2O/c1-8(2)10(7-15)13(17)16-11-6-4-5-9(3)12(11)14/h4-6,8,10H,1-3H3,(H,16,17). The van der Waals surface area contributed by atoms with Crippen LogP contribution < -0.4 is 5.32 Å². The summed E-state index contributed by atoms with van der Waals surface area (Å²) in [6.07, 6.45) is 0. The smallest absolute Gasteiger partial charge is 0.242 e. The van der Waals surface area contributed by atoms with Gasteiger partial charge in [-0.3, -0.25) is 4.79 Å². The first-order valence-corrected chi connectivity index (χ1v) is 6.22. The fourth-order valence-electron chi connectivity index (χ4n) is 1.46. The van der Waals surface area contributed by atoms with Crippen molar-refractivity contribution in [1.29, 1.82) is 5.26 Å². The Hall–Kier alpha value is -1.34. The number of aryl methyl sites for hydroxylation is 1. The number of benzene rings is 1. The zero-order chi connectivity index (χ0) is 13.0. The fourth-order valence-corrected chi connectivity index (χ4v) is 1.83. The van der Waals surface area contributed by atoms with Gasteiger partial charge < -0.3 is 5.32 Å². The Morgan fingerprint density at radius 1 is 1.47 bits per heavy atom. The molecule has 4 heteroatoms. The van der Waals surface area contributed by atoms with Crippen LogP contribution in [0.1, 0.15) is 19.4 Å². The molecule has 1 atom stereocenters. The van der Waals surface area contributed by atoms with Crippen molar-refractivity contribution in [3.63, 3.8) is 0 Å². The molecule has 0 saturated heterocycles. The van der Waals surface area contributed by atoms with E-state index in [4.69, 9.17) is 5.26 Å². The molecule has 0 spiro atoms. The van der Waals surface area contributed by atoms with E-state index in [1.807, 2.05) is 45.0 Å². The number of carbonyl (C=O) groups excluding carboxylic acids is 1. The Morgan fingerprint density at radius 3 is 2.65 bits per heavy atom. The molecular formula is C13H15BrN2O. The van der Waals surface area contributed by atoms with Gasteiger partial charge in [0.1, 0.15) is 5.92 Å². The average Bonchev–Trinajstić information content (AvgIpc) is 2.25. The minimum absolute atomic E-state index is 0.00332. The number of rotatable bonds is 3. The minimum atomic E-state index is -0.623. The summed E-state index contributed by atoms with van der Waals surface area (Å²) in [7, 11) is 0. The zero-order valence-corrected chi connectivity index (χ0v) is 11.7. The van der Waals surface area contributed by atoms with Gasteiger partial charge >= 0.3 is 0 Å². The molecule has 0 bridgehead atoms. The highest BCUT2D eigenvalue weighted by atomic mass is 79.9. The van der Waals surface area contributed by atoms with Crippen molar-refractivity contribution in [2.24, 2.45) is 11.8 Å². The quantitative estimate of drug-likeness (QED) is 0.928. The van der Waals surface area contributed by atoms with Crippen LogP contribution in [0.25, 0.3) is 0 Å². The van der Waals surface area contributed by atoms with E-state index in [1.54, 1.807) is 0 Å². The van der Waals surface area contributed by atoms with Crippen molar-refractivity contribution in [2.45, 2.75) is 20.8 Å². The van der Waals surface area contributed by atoms with Crippen molar-refractivity contribution < 1.29 is 4.79 Å². The molecule has 0 aromatic heterocycles. The van der Waals surface area contributed by atoms with Gasteiger partial charge in [-0.1, -0.05) is 26.0 Å². The van der Waals surface area contributed by atoms with Gasteiger partial charge in [-0.2, -0.15) is 5.26 Å². The van der Waals surface area contributed by atoms with Gasteiger partial charge in [-0.25, -0.2) is 0 Å². The highest BCUT2D eigenvalue weighted by molar-refractivity contribution is 9.10. The molecule has 17 heavy (non-hydrogen) atoms. The zero-order valence-electron chi connectivity index (χ0n) is 10.1. The highest BCUT2D eigenvalue weighted by Gasteiger charge is 2.22. The number of anilines is 1. The number of halogens is 1. The van der Waals surface area contributed by atoms with E-state index in [2.05, 4.69) is 21.2 Å². The van der Waals surface area contributed by atoms with Crippen molar-refractivity contribution >= 4 is 27.5 Å². The second-order valence-electron chi connectivity index (χ2n) is 4.28. The second-order valence-corrected chi connectivity index (χ2v) is 5.07. The number of carbonyl (C=O) groups is 1. The maximum Gasteiger partial charge on any atom is 0.242 e. The Bertz CT molecular complexity index is 463. The first-order chi connectivity index (χ1) is 7.97. The molecule has 1 aromatic rings. The molecule has 1 amide bonds. The molecule has 0 saturated carbocycles. The molecule has 1 rings (SSSR count). The van der Waals surface area contributed by atoms with Crippen LogP contribution in [0.2, 0.25) is 0 Å². The Balaban J connectivity index is 2.89. The molecule has 1 N–H and O–H groups in total. The summed E-state index contributed by atoms with van der Waals surface area (Å²) < 4.78 is 0.855. The lowest BCUT2D eigenvalue weighted by Crippen LogP contribution is -2.25. The van der Waals surface area contributed by atoms with E-state index in [1.165, 1.54) is 0 Å². The van der Waals surface area contributed by atoms with Gasteiger partial charge in [-0.05, 0) is 40.4 Å². The second kappa shape index (κ2) is 5.83. The summed E-state index contributed by atoms with van der Waals surface area (Å²) in [4.78, 5) is 11.9. The molecule has 1 unspecified atom stereocenters. The van der Waals surface area contributed by atoms with Gasteiger partial charge in [0.2, 0.25) is 5.91 Å². The summed E-state index contributed by atoms with van der Waals surface area (Å²) in [5.74, 6) is -0.875. The van der Waals surface area contributed by atoms with Crippen LogP contribution in [0, 0.1) is 30.1 Å². The molecule has 90 valence electrons. The van der Waals surface area contributed by atoms with Gasteiger partial charge in [0.15, 0.2) is 0 Å². The maximum atomic E-state index is 11.9. The predicted octanol–water partition coefficient (Wildman–Crippen LogP) is 3.49. The molecule has 0 aliphatic carbocycles. The molecule has 0 heterocycles. The Morgan fingerprint density at radius 2 is 2.12 bits per heavy atom. The van der Waals surface area contributed by atoms with Crippen LogP contribution in [0.3, 0.4) is 0 Å². The first-order valence-electron chi connectivity index (χ1n) is 5.43. The molecule has 0 aliphatic rings. The number of hydrogen-bond donors (Lipinski definition) is 1. The lowest BCUT2D eigenvalue weighted by atomic mass is 9.96. The van der Waals surface area contributed by atoms with Crippen LogP contribution >= 0.6 is 15.9 Å². The molecule has 0 aliphatic heterocycles. The van der Waals surface area contributed by atoms with Crippen LogP contribution in [0.5, 0.6) is 0 Å². The third-order valence-corrected chi connectivity index (χ3v) is 3.59. The SMILES string of the molecule is Cc1cccc(NC(=O)C(C#N)C(C)C)c1Br. The van der Waals surface area contributed by atoms with E-state index in [9.17, 15) is 4.79 Å². The van der Waals surface area contributed by atoms with Crippen molar-refractivity contribution in [3.05, 3.63) is 28.2 Å². The maximum absolute atomic E-state index is 11.9. The van der Waals surface area contributed by atoms with Crippen LogP contribution in [-0.2, 0) is 4.79 Å². The molecule has 3 nitrogen and oxygen atoms in total. The van der Waals surface area contributed by atoms with E-state index in [0.717, 1.165) is 10.0 Å². The van der Waals surface area contributed by atoms with Gasteiger partial charge in [0.25, 0.3) is 0 Å². The summed E-state index contributed by atoms with van der Waals surface area (Å²) in [6, 6.07) is 7.65. The van der Waals surface area contributed by atoms with Crippen molar-refractivity contribution in [2.75, 3.05) is 5.32 Å². The Kier molecular flexibility index (Phi) is 4.71. The third kappa shape index (κ3) is 3.31. The lowest BCUT2D eigenvalue weighted by molar-refractivity contribution is -0.119. The lowest BCUT2D eigenvalue weighted by Gasteiger charge is -2.14. The first kappa shape index (κ1) is 13.7. The number of nitriles is 1. The van der Waals surface area contributed by atoms with Crippen LogP contribution in [-0.4, -0.2) is 5.91 Å². The minimum Gasteiger partial charge on any atom is -0.324 e. The predicted molar refractivity (Wildman–Crippen MR) is 71.4 cm³/mol. The fraction of sp³-hybridized carbons (Fsp3) is 0.385. The summed E-state index contributed by atoms with van der Waals surface area (Å²) in [6.45, 7) is 5.67. The molecule has 0 radical (unpaired) electrons. The van der Waals surface area contributed by atoms with Crippen LogP contribution in [0.4, 0.5) is 5.69 Å². The van der Waals surface area contributed by atoms with E-state index >= 15 is 0 Å². The Labute approximate surface area is 110 Å². The average molecular weight is 295 g/mol. The monoisotopic (exact) mass is 294 g/mol. The normalized spacial score (nSPS) is 12.0. The van der Waals surface area contributed by atoms with Crippen molar-refractivity contribution in [1.82, 2.24) is 0 Å². The third-order valence-electron chi connectivity index (χ3n) is 2.54. The summed E-state index contributed by atoms with van der Waals surface area (Å²) in [5, 5.41) is 11.7. The molecular weight excluding hydrogens is 280 g/mol. The summed E-state index contributed by atoms with van der Waals surface area (Å²) in [5.41, 5.74) is 1.75. The number of amides is 1. The number of nitrogens with zero attached hydrogens (tertiary/aromatic N) is 1. The van der Waals surface area contributed by atoms with Crippen LogP contribution in [0.15, 0.2) is 22.7 Å². The van der Waals surface area contributed by atoms with Crippen molar-refractivity contribution in [3.8, 4) is 6.07 Å². The van der Waals surface area contributed by atoms with Gasteiger partial charge in [-0.15, -0.1) is 0 Å². The largest absolute Gasteiger partial charge is 0.324 e. The van der Waals surface area contributed by atoms with Gasteiger partial charge in [0.05, 0.1) is 11.8 Å². The number of nitrogens with one attached hydrogen (secondary N) is 1. The topological polar surface area (TPSA) is 52.9 Å². The van der Waals surface area contributed by atoms with E-state index in [-0.39, 0.29) is 11.8 Å². The van der Waals surface area contributed by atoms with E-state index < -0.39 is 5.92 Å². The van der Waals surface area contributed by atoms with Gasteiger partial charge in [0, 0.05) is 4.47 Å². The highest BCUT2D eigenvalue weighted by Crippen LogP contribution is 2.26. The van der Waals surface area contributed by atoms with E-state index in [0.29, 0.717) is 5.69 Å². The molecule has 1 aromatic carbocycles. The molecule has 0 fully saturated rings.